The number of nitrogens with zero attached hydrogens (tertiary/aromatic N) is 2. The van der Waals surface area contributed by atoms with Crippen molar-refractivity contribution in [1.29, 1.82) is 0 Å². The monoisotopic (exact) mass is 383 g/mol. The van der Waals surface area contributed by atoms with Gasteiger partial charge in [0.15, 0.2) is 0 Å². The van der Waals surface area contributed by atoms with Crippen LogP contribution >= 0.6 is 15.9 Å². The van der Waals surface area contributed by atoms with Gasteiger partial charge in [0.1, 0.15) is 5.82 Å². The van der Waals surface area contributed by atoms with Gasteiger partial charge >= 0.3 is 0 Å². The minimum Gasteiger partial charge on any atom is -0.343 e. The molecule has 1 atom stereocenters. The summed E-state index contributed by atoms with van der Waals surface area (Å²) in [6, 6.07) is 3.00. The maximum atomic E-state index is 13.9. The van der Waals surface area contributed by atoms with Crippen LogP contribution in [0.15, 0.2) is 21.1 Å². The topological polar surface area (TPSA) is 68.0 Å². The summed E-state index contributed by atoms with van der Waals surface area (Å²) in [7, 11) is 0. The number of benzene rings is 1. The molecule has 0 fully saturated rings. The number of carbonyl (C=O) groups is 1. The van der Waals surface area contributed by atoms with Crippen molar-refractivity contribution in [2.45, 2.75) is 46.1 Å². The van der Waals surface area contributed by atoms with Crippen molar-refractivity contribution in [3.8, 4) is 0 Å². The second-order valence-electron chi connectivity index (χ2n) is 6.44. The van der Waals surface area contributed by atoms with Gasteiger partial charge in [-0.15, -0.1) is 0 Å². The van der Waals surface area contributed by atoms with E-state index in [1.807, 2.05) is 20.8 Å². The van der Waals surface area contributed by atoms with Crippen LogP contribution in [0.1, 0.15) is 61.4 Å². The van der Waals surface area contributed by atoms with E-state index in [4.69, 9.17) is 4.52 Å². The minimum absolute atomic E-state index is 0.0305. The maximum Gasteiger partial charge on any atom is 0.293 e. The van der Waals surface area contributed by atoms with Crippen LogP contribution in [-0.2, 0) is 5.41 Å². The zero-order valence-corrected chi connectivity index (χ0v) is 15.3. The summed E-state index contributed by atoms with van der Waals surface area (Å²) in [6.45, 7) is 9.19. The quantitative estimate of drug-likeness (QED) is 0.867. The van der Waals surface area contributed by atoms with E-state index < -0.39 is 5.91 Å². The number of carbonyl (C=O) groups excluding carboxylic acids is 1. The summed E-state index contributed by atoms with van der Waals surface area (Å²) >= 11 is 3.14. The summed E-state index contributed by atoms with van der Waals surface area (Å²) in [5, 5.41) is 6.46. The molecule has 0 aliphatic heterocycles. The number of halogens is 2. The summed E-state index contributed by atoms with van der Waals surface area (Å²) in [4.78, 5) is 16.3. The van der Waals surface area contributed by atoms with E-state index in [-0.39, 0.29) is 23.1 Å². The van der Waals surface area contributed by atoms with Crippen LogP contribution in [0.2, 0.25) is 0 Å². The Morgan fingerprint density at radius 2 is 2.04 bits per heavy atom. The number of hydrogen-bond donors (Lipinski definition) is 1. The summed E-state index contributed by atoms with van der Waals surface area (Å²) in [5.74, 6) is -0.434. The molecule has 7 heteroatoms. The predicted octanol–water partition coefficient (Wildman–Crippen LogP) is 4.07. The molecular weight excluding hydrogens is 365 g/mol. The highest BCUT2D eigenvalue weighted by molar-refractivity contribution is 9.10. The molecule has 0 spiro atoms. The largest absolute Gasteiger partial charge is 0.343 e. The van der Waals surface area contributed by atoms with Gasteiger partial charge in [-0.3, -0.25) is 4.79 Å². The van der Waals surface area contributed by atoms with E-state index in [0.29, 0.717) is 21.5 Å². The molecule has 124 valence electrons. The Balaban J connectivity index is 2.17. The fourth-order valence-electron chi connectivity index (χ4n) is 2.10. The van der Waals surface area contributed by atoms with Gasteiger partial charge in [-0.2, -0.15) is 4.98 Å². The van der Waals surface area contributed by atoms with Gasteiger partial charge < -0.3 is 9.84 Å². The number of amides is 1. The Hall–Kier alpha value is -1.76. The van der Waals surface area contributed by atoms with Crippen LogP contribution in [0.5, 0.6) is 0 Å². The molecule has 0 saturated heterocycles. The third-order valence-electron chi connectivity index (χ3n) is 3.47. The molecule has 0 aliphatic rings. The Bertz CT molecular complexity index is 737. The third kappa shape index (κ3) is 3.77. The van der Waals surface area contributed by atoms with Crippen LogP contribution in [0.4, 0.5) is 4.39 Å². The average molecular weight is 384 g/mol. The van der Waals surface area contributed by atoms with Crippen molar-refractivity contribution >= 4 is 21.8 Å². The molecule has 1 N–H and O–H groups in total. The molecular formula is C16H19BrFN3O2. The van der Waals surface area contributed by atoms with Crippen molar-refractivity contribution < 1.29 is 13.7 Å². The molecule has 2 aromatic rings. The fourth-order valence-corrected chi connectivity index (χ4v) is 2.52. The SMILES string of the molecule is Cc1c([C@@H](C)NC(=O)c2noc(C(C)(C)C)n2)ccc(Br)c1F. The van der Waals surface area contributed by atoms with E-state index >= 15 is 0 Å². The van der Waals surface area contributed by atoms with Gasteiger partial charge in [-0.05, 0) is 47.0 Å². The minimum atomic E-state index is -0.459. The molecule has 23 heavy (non-hydrogen) atoms. The van der Waals surface area contributed by atoms with Gasteiger partial charge in [0.25, 0.3) is 11.7 Å². The van der Waals surface area contributed by atoms with Crippen molar-refractivity contribution in [3.63, 3.8) is 0 Å². The van der Waals surface area contributed by atoms with E-state index in [1.54, 1.807) is 26.0 Å². The highest BCUT2D eigenvalue weighted by Crippen LogP contribution is 2.26. The zero-order chi connectivity index (χ0) is 17.4. The van der Waals surface area contributed by atoms with Crippen LogP contribution < -0.4 is 5.32 Å². The molecule has 0 saturated carbocycles. The Labute approximate surface area is 142 Å². The van der Waals surface area contributed by atoms with Crippen LogP contribution in [0, 0.1) is 12.7 Å². The summed E-state index contributed by atoms with van der Waals surface area (Å²) in [5.41, 5.74) is 0.844. The molecule has 5 nitrogen and oxygen atoms in total. The Morgan fingerprint density at radius 3 is 2.61 bits per heavy atom. The lowest BCUT2D eigenvalue weighted by Gasteiger charge is -2.16. The first-order valence-electron chi connectivity index (χ1n) is 7.20. The first kappa shape index (κ1) is 17.6. The maximum absolute atomic E-state index is 13.9. The predicted molar refractivity (Wildman–Crippen MR) is 87.7 cm³/mol. The third-order valence-corrected chi connectivity index (χ3v) is 4.08. The van der Waals surface area contributed by atoms with E-state index in [2.05, 4.69) is 31.4 Å². The molecule has 1 heterocycles. The Kier molecular flexibility index (Phi) is 4.89. The normalized spacial score (nSPS) is 13.0. The smallest absolute Gasteiger partial charge is 0.293 e. The summed E-state index contributed by atoms with van der Waals surface area (Å²) in [6.07, 6.45) is 0. The van der Waals surface area contributed by atoms with Crippen LogP contribution in [0.25, 0.3) is 0 Å². The van der Waals surface area contributed by atoms with Crippen molar-refractivity contribution in [2.24, 2.45) is 0 Å². The van der Waals surface area contributed by atoms with Gasteiger partial charge in [0, 0.05) is 5.41 Å². The molecule has 1 aromatic heterocycles. The van der Waals surface area contributed by atoms with Crippen LogP contribution in [0.3, 0.4) is 0 Å². The summed E-state index contributed by atoms with van der Waals surface area (Å²) < 4.78 is 19.4. The van der Waals surface area contributed by atoms with E-state index in [1.165, 1.54) is 0 Å². The van der Waals surface area contributed by atoms with Crippen molar-refractivity contribution in [1.82, 2.24) is 15.5 Å². The molecule has 2 rings (SSSR count). The second-order valence-corrected chi connectivity index (χ2v) is 7.30. The highest BCUT2D eigenvalue weighted by Gasteiger charge is 2.25. The molecule has 0 unspecified atom stereocenters. The first-order chi connectivity index (χ1) is 10.6. The van der Waals surface area contributed by atoms with Crippen molar-refractivity contribution in [3.05, 3.63) is 45.3 Å². The number of aromatic nitrogens is 2. The average Bonchev–Trinajstić information content (AvgIpc) is 2.94. The van der Waals surface area contributed by atoms with Gasteiger partial charge in [0.05, 0.1) is 10.5 Å². The Morgan fingerprint density at radius 1 is 1.39 bits per heavy atom. The molecule has 0 radical (unpaired) electrons. The second kappa shape index (κ2) is 6.39. The lowest BCUT2D eigenvalue weighted by atomic mass is 9.97. The lowest BCUT2D eigenvalue weighted by Crippen LogP contribution is -2.28. The zero-order valence-electron chi connectivity index (χ0n) is 13.7. The molecule has 0 bridgehead atoms. The lowest BCUT2D eigenvalue weighted by molar-refractivity contribution is 0.0926. The van der Waals surface area contributed by atoms with Crippen LogP contribution in [-0.4, -0.2) is 16.0 Å². The molecule has 1 aromatic carbocycles. The van der Waals surface area contributed by atoms with Crippen molar-refractivity contribution in [2.75, 3.05) is 0 Å². The standard InChI is InChI=1S/C16H19BrFN3O2/c1-8-10(6-7-11(17)12(8)18)9(2)19-14(22)13-20-15(23-21-13)16(3,4)5/h6-7,9H,1-5H3,(H,19,22)/t9-/m1/s1. The fraction of sp³-hybridized carbons (Fsp3) is 0.438. The number of rotatable bonds is 3. The molecule has 1 amide bonds. The number of nitrogens with one attached hydrogen (secondary N) is 1. The van der Waals surface area contributed by atoms with Gasteiger partial charge in [0.2, 0.25) is 5.89 Å². The molecule has 0 aliphatic carbocycles. The van der Waals surface area contributed by atoms with Gasteiger partial charge in [-0.1, -0.05) is 32.0 Å². The first-order valence-corrected chi connectivity index (χ1v) is 8.00. The van der Waals surface area contributed by atoms with E-state index in [0.717, 1.165) is 0 Å². The van der Waals surface area contributed by atoms with Gasteiger partial charge in [-0.25, -0.2) is 4.39 Å². The van der Waals surface area contributed by atoms with E-state index in [9.17, 15) is 9.18 Å². The number of hydrogen-bond acceptors (Lipinski definition) is 4. The highest BCUT2D eigenvalue weighted by atomic mass is 79.9.